The van der Waals surface area contributed by atoms with Crippen molar-refractivity contribution in [3.05, 3.63) is 15.6 Å². The summed E-state index contributed by atoms with van der Waals surface area (Å²) in [7, 11) is 0. The maximum atomic E-state index is 12.7. The van der Waals surface area contributed by atoms with Crippen molar-refractivity contribution in [1.29, 1.82) is 0 Å². The highest BCUT2D eigenvalue weighted by Gasteiger charge is 2.30. The molecule has 0 saturated carbocycles. The van der Waals surface area contributed by atoms with Crippen molar-refractivity contribution >= 4 is 47.2 Å². The van der Waals surface area contributed by atoms with Crippen molar-refractivity contribution in [3.8, 4) is 0 Å². The molecule has 7 nitrogen and oxygen atoms in total. The van der Waals surface area contributed by atoms with Gasteiger partial charge in [0.15, 0.2) is 5.96 Å². The van der Waals surface area contributed by atoms with Crippen LogP contribution in [0, 0.1) is 19.8 Å². The van der Waals surface area contributed by atoms with Gasteiger partial charge in [0.25, 0.3) is 0 Å². The average Bonchev–Trinajstić information content (AvgIpc) is 3.04. The topological polar surface area (TPSA) is 70.1 Å². The van der Waals surface area contributed by atoms with Crippen LogP contribution in [0.3, 0.4) is 0 Å². The number of hydrogen-bond acceptors (Lipinski definition) is 5. The van der Waals surface area contributed by atoms with Crippen molar-refractivity contribution in [2.75, 3.05) is 52.5 Å². The molecule has 29 heavy (non-hydrogen) atoms. The Morgan fingerprint density at radius 1 is 1.21 bits per heavy atom. The van der Waals surface area contributed by atoms with Crippen LogP contribution in [0.25, 0.3) is 0 Å². The molecule has 0 bridgehead atoms. The first kappa shape index (κ1) is 24.3. The summed E-state index contributed by atoms with van der Waals surface area (Å²) in [6.45, 7) is 12.4. The number of nitrogens with zero attached hydrogens (tertiary/aromatic N) is 4. The highest BCUT2D eigenvalue weighted by molar-refractivity contribution is 14.0. The number of halogens is 1. The van der Waals surface area contributed by atoms with Crippen LogP contribution in [0.2, 0.25) is 0 Å². The quantitative estimate of drug-likeness (QED) is 0.357. The third-order valence-corrected chi connectivity index (χ3v) is 6.53. The lowest BCUT2D eigenvalue weighted by Crippen LogP contribution is -2.50. The molecule has 3 rings (SSSR count). The SMILES string of the molecule is CCNC(=NCCc1sc(C)nc1C)N1CCC(C(=O)N2CCOCC2)CC1.I. The number of aliphatic imine (C=N–C) groups is 1. The lowest BCUT2D eigenvalue weighted by Gasteiger charge is -2.36. The fraction of sp³-hybridized carbons (Fsp3) is 0.750. The molecule has 0 spiro atoms. The number of carbonyl (C=O) groups excluding carboxylic acids is 1. The minimum Gasteiger partial charge on any atom is -0.378 e. The van der Waals surface area contributed by atoms with E-state index in [1.54, 1.807) is 11.3 Å². The normalized spacial score (nSPS) is 18.5. The van der Waals surface area contributed by atoms with E-state index in [1.165, 1.54) is 4.88 Å². The van der Waals surface area contributed by atoms with E-state index in [4.69, 9.17) is 9.73 Å². The van der Waals surface area contributed by atoms with Crippen molar-refractivity contribution in [2.24, 2.45) is 10.9 Å². The molecular formula is C20H34IN5O2S. The molecular weight excluding hydrogens is 501 g/mol. The van der Waals surface area contributed by atoms with Crippen LogP contribution >= 0.6 is 35.3 Å². The molecule has 1 aromatic heterocycles. The molecule has 0 radical (unpaired) electrons. The summed E-state index contributed by atoms with van der Waals surface area (Å²) >= 11 is 1.77. The van der Waals surface area contributed by atoms with E-state index in [0.717, 1.165) is 75.2 Å². The predicted octanol–water partition coefficient (Wildman–Crippen LogP) is 2.46. The number of rotatable bonds is 5. The predicted molar refractivity (Wildman–Crippen MR) is 128 cm³/mol. The zero-order valence-electron chi connectivity index (χ0n) is 17.8. The number of thiazole rings is 1. The second kappa shape index (κ2) is 12.0. The Balaban J connectivity index is 0.00000300. The van der Waals surface area contributed by atoms with E-state index in [0.29, 0.717) is 19.1 Å². The number of aromatic nitrogens is 1. The van der Waals surface area contributed by atoms with Crippen LogP contribution < -0.4 is 5.32 Å². The third kappa shape index (κ3) is 6.78. The molecule has 0 aliphatic carbocycles. The summed E-state index contributed by atoms with van der Waals surface area (Å²) < 4.78 is 5.36. The first-order valence-electron chi connectivity index (χ1n) is 10.4. The number of nitrogens with one attached hydrogen (secondary N) is 1. The lowest BCUT2D eigenvalue weighted by molar-refractivity contribution is -0.140. The van der Waals surface area contributed by atoms with E-state index >= 15 is 0 Å². The van der Waals surface area contributed by atoms with E-state index < -0.39 is 0 Å². The van der Waals surface area contributed by atoms with Crippen LogP contribution in [-0.4, -0.2) is 79.1 Å². The van der Waals surface area contributed by atoms with Crippen molar-refractivity contribution in [2.45, 2.75) is 40.0 Å². The number of morpholine rings is 1. The first-order chi connectivity index (χ1) is 13.6. The summed E-state index contributed by atoms with van der Waals surface area (Å²) in [4.78, 5) is 27.7. The molecule has 0 aromatic carbocycles. The molecule has 9 heteroatoms. The molecule has 1 amide bonds. The molecule has 2 saturated heterocycles. The van der Waals surface area contributed by atoms with Gasteiger partial charge < -0.3 is 19.9 Å². The highest BCUT2D eigenvalue weighted by atomic mass is 127. The number of amides is 1. The van der Waals surface area contributed by atoms with Gasteiger partial charge in [-0.2, -0.15) is 0 Å². The fourth-order valence-corrected chi connectivity index (χ4v) is 4.80. The average molecular weight is 535 g/mol. The highest BCUT2D eigenvalue weighted by Crippen LogP contribution is 2.21. The van der Waals surface area contributed by atoms with Gasteiger partial charge in [-0.05, 0) is 33.6 Å². The summed E-state index contributed by atoms with van der Waals surface area (Å²) in [5.41, 5.74) is 1.13. The minimum atomic E-state index is 0. The van der Waals surface area contributed by atoms with Gasteiger partial charge in [-0.25, -0.2) is 4.98 Å². The van der Waals surface area contributed by atoms with Gasteiger partial charge in [0.2, 0.25) is 5.91 Å². The second-order valence-electron chi connectivity index (χ2n) is 7.43. The van der Waals surface area contributed by atoms with Gasteiger partial charge in [-0.15, -0.1) is 35.3 Å². The minimum absolute atomic E-state index is 0. The van der Waals surface area contributed by atoms with Gasteiger partial charge in [-0.3, -0.25) is 9.79 Å². The Morgan fingerprint density at radius 3 is 2.48 bits per heavy atom. The maximum absolute atomic E-state index is 12.7. The van der Waals surface area contributed by atoms with Crippen LogP contribution in [0.15, 0.2) is 4.99 Å². The van der Waals surface area contributed by atoms with E-state index in [1.807, 2.05) is 4.90 Å². The van der Waals surface area contributed by atoms with Gasteiger partial charge in [0.1, 0.15) is 0 Å². The van der Waals surface area contributed by atoms with Gasteiger partial charge >= 0.3 is 0 Å². The number of likely N-dealkylation sites (tertiary alicyclic amines) is 1. The number of carbonyl (C=O) groups is 1. The second-order valence-corrected chi connectivity index (χ2v) is 8.71. The van der Waals surface area contributed by atoms with E-state index in [-0.39, 0.29) is 29.9 Å². The molecule has 1 N–H and O–H groups in total. The number of ether oxygens (including phenoxy) is 1. The monoisotopic (exact) mass is 535 g/mol. The fourth-order valence-electron chi connectivity index (χ4n) is 3.87. The van der Waals surface area contributed by atoms with E-state index in [2.05, 4.69) is 36.0 Å². The van der Waals surface area contributed by atoms with Crippen LogP contribution in [-0.2, 0) is 16.0 Å². The zero-order valence-corrected chi connectivity index (χ0v) is 20.9. The molecule has 0 unspecified atom stereocenters. The summed E-state index contributed by atoms with van der Waals surface area (Å²) in [5.74, 6) is 1.42. The van der Waals surface area contributed by atoms with Crippen molar-refractivity contribution in [3.63, 3.8) is 0 Å². The van der Waals surface area contributed by atoms with Crippen LogP contribution in [0.5, 0.6) is 0 Å². The Bertz CT molecular complexity index is 682. The van der Waals surface area contributed by atoms with E-state index in [9.17, 15) is 4.79 Å². The summed E-state index contributed by atoms with van der Waals surface area (Å²) in [6, 6.07) is 0. The van der Waals surface area contributed by atoms with Crippen LogP contribution in [0.4, 0.5) is 0 Å². The smallest absolute Gasteiger partial charge is 0.225 e. The van der Waals surface area contributed by atoms with Gasteiger partial charge in [0.05, 0.1) is 23.9 Å². The molecule has 164 valence electrons. The van der Waals surface area contributed by atoms with Crippen molar-refractivity contribution < 1.29 is 9.53 Å². The lowest BCUT2D eigenvalue weighted by atomic mass is 9.95. The first-order valence-corrected chi connectivity index (χ1v) is 11.2. The Labute approximate surface area is 195 Å². The number of guanidine groups is 1. The molecule has 1 aromatic rings. The molecule has 2 aliphatic heterocycles. The molecule has 0 atom stereocenters. The largest absolute Gasteiger partial charge is 0.378 e. The summed E-state index contributed by atoms with van der Waals surface area (Å²) in [6.07, 6.45) is 2.72. The number of hydrogen-bond donors (Lipinski definition) is 1. The molecule has 3 heterocycles. The number of piperidine rings is 1. The maximum Gasteiger partial charge on any atom is 0.225 e. The number of aryl methyl sites for hydroxylation is 2. The summed E-state index contributed by atoms with van der Waals surface area (Å²) in [5, 5.41) is 4.54. The zero-order chi connectivity index (χ0) is 19.9. The third-order valence-electron chi connectivity index (χ3n) is 5.40. The Hall–Kier alpha value is -0.940. The van der Waals surface area contributed by atoms with Crippen molar-refractivity contribution in [1.82, 2.24) is 20.1 Å². The standard InChI is InChI=1S/C20H33N5O2S.HI/c1-4-21-20(22-8-5-18-15(2)23-16(3)28-18)25-9-6-17(7-10-25)19(26)24-11-13-27-14-12-24;/h17H,4-14H2,1-3H3,(H,21,22);1H. The molecule has 2 aliphatic rings. The van der Waals surface area contributed by atoms with Crippen LogP contribution in [0.1, 0.15) is 35.3 Å². The van der Waals surface area contributed by atoms with Gasteiger partial charge in [0, 0.05) is 56.5 Å². The Morgan fingerprint density at radius 2 is 1.90 bits per heavy atom. The van der Waals surface area contributed by atoms with Gasteiger partial charge in [-0.1, -0.05) is 0 Å². The Kier molecular flexibility index (Phi) is 10.1. The molecule has 2 fully saturated rings.